The summed E-state index contributed by atoms with van der Waals surface area (Å²) in [5, 5.41) is 0.634. The van der Waals surface area contributed by atoms with Crippen molar-refractivity contribution in [1.82, 2.24) is 9.38 Å². The van der Waals surface area contributed by atoms with Crippen LogP contribution in [0.1, 0.15) is 0 Å². The Morgan fingerprint density at radius 2 is 1.75 bits per heavy atom. The summed E-state index contributed by atoms with van der Waals surface area (Å²) >= 11 is 6.13. The van der Waals surface area contributed by atoms with Gasteiger partial charge >= 0.3 is 0 Å². The first kappa shape index (κ1) is 9.43. The van der Waals surface area contributed by atoms with Gasteiger partial charge in [-0.25, -0.2) is 4.98 Å². The fraction of sp³-hybridized carbons (Fsp3) is 0. The van der Waals surface area contributed by atoms with Gasteiger partial charge in [-0.2, -0.15) is 0 Å². The van der Waals surface area contributed by atoms with Crippen LogP contribution in [0.4, 0.5) is 0 Å². The van der Waals surface area contributed by atoms with Crippen LogP contribution in [0.15, 0.2) is 54.7 Å². The van der Waals surface area contributed by atoms with Crippen LogP contribution < -0.4 is 0 Å². The molecule has 3 aromatic rings. The second-order valence-corrected chi connectivity index (χ2v) is 3.94. The third-order valence-corrected chi connectivity index (χ3v) is 2.82. The van der Waals surface area contributed by atoms with Crippen LogP contribution in [0.2, 0.25) is 5.15 Å². The van der Waals surface area contributed by atoms with E-state index in [0.29, 0.717) is 5.15 Å². The van der Waals surface area contributed by atoms with E-state index in [-0.39, 0.29) is 0 Å². The summed E-state index contributed by atoms with van der Waals surface area (Å²) in [7, 11) is 0. The second-order valence-electron chi connectivity index (χ2n) is 3.55. The van der Waals surface area contributed by atoms with Gasteiger partial charge in [-0.05, 0) is 17.7 Å². The highest BCUT2D eigenvalue weighted by molar-refractivity contribution is 6.30. The molecule has 0 atom stereocenters. The Balaban J connectivity index is 2.36. The van der Waals surface area contributed by atoms with Gasteiger partial charge in [-0.15, -0.1) is 0 Å². The van der Waals surface area contributed by atoms with Crippen molar-refractivity contribution in [3.05, 3.63) is 59.9 Å². The maximum absolute atomic E-state index is 6.13. The zero-order valence-corrected chi connectivity index (χ0v) is 9.22. The molecule has 3 heteroatoms. The number of hydrogen-bond acceptors (Lipinski definition) is 1. The molecule has 0 N–H and O–H groups in total. The van der Waals surface area contributed by atoms with E-state index in [4.69, 9.17) is 11.6 Å². The van der Waals surface area contributed by atoms with Crippen molar-refractivity contribution in [3.8, 4) is 11.3 Å². The van der Waals surface area contributed by atoms with Crippen LogP contribution in [0.5, 0.6) is 0 Å². The highest BCUT2D eigenvalue weighted by Crippen LogP contribution is 2.23. The molecule has 0 aliphatic carbocycles. The van der Waals surface area contributed by atoms with E-state index in [1.54, 1.807) is 6.20 Å². The fourth-order valence-electron chi connectivity index (χ4n) is 1.83. The minimum atomic E-state index is 0.634. The molecular formula is C13H9ClN2. The average Bonchev–Trinajstić information content (AvgIpc) is 2.73. The molecule has 2 aromatic heterocycles. The van der Waals surface area contributed by atoms with E-state index in [2.05, 4.69) is 17.1 Å². The first-order chi connectivity index (χ1) is 7.86. The van der Waals surface area contributed by atoms with Gasteiger partial charge in [0.05, 0.1) is 11.9 Å². The highest BCUT2D eigenvalue weighted by Gasteiger charge is 2.06. The van der Waals surface area contributed by atoms with Crippen LogP contribution in [-0.4, -0.2) is 9.38 Å². The quantitative estimate of drug-likeness (QED) is 0.621. The standard InChI is InChI=1S/C13H9ClN2/c14-12-9-15-13-8-4-7-11(16(12)13)10-5-2-1-3-6-10/h1-9H. The van der Waals surface area contributed by atoms with E-state index >= 15 is 0 Å². The lowest BCUT2D eigenvalue weighted by atomic mass is 10.1. The Hall–Kier alpha value is -1.80. The normalized spacial score (nSPS) is 10.8. The van der Waals surface area contributed by atoms with Gasteiger partial charge in [-0.1, -0.05) is 48.0 Å². The van der Waals surface area contributed by atoms with Gasteiger partial charge in [-0.3, -0.25) is 4.40 Å². The third-order valence-electron chi connectivity index (χ3n) is 2.56. The first-order valence-corrected chi connectivity index (χ1v) is 5.41. The molecule has 0 amide bonds. The molecule has 0 bridgehead atoms. The van der Waals surface area contributed by atoms with Crippen molar-refractivity contribution in [1.29, 1.82) is 0 Å². The van der Waals surface area contributed by atoms with Crippen molar-refractivity contribution in [3.63, 3.8) is 0 Å². The van der Waals surface area contributed by atoms with Gasteiger partial charge in [0.25, 0.3) is 0 Å². The number of fused-ring (bicyclic) bond motifs is 1. The Labute approximate surface area is 98.1 Å². The largest absolute Gasteiger partial charge is 0.283 e. The van der Waals surface area contributed by atoms with Crippen molar-refractivity contribution >= 4 is 17.2 Å². The first-order valence-electron chi connectivity index (χ1n) is 5.03. The summed E-state index contributed by atoms with van der Waals surface area (Å²) < 4.78 is 1.94. The summed E-state index contributed by atoms with van der Waals surface area (Å²) in [6.45, 7) is 0. The lowest BCUT2D eigenvalue weighted by Gasteiger charge is -2.05. The Kier molecular flexibility index (Phi) is 2.15. The number of aromatic nitrogens is 2. The molecule has 2 nitrogen and oxygen atoms in total. The molecule has 0 fully saturated rings. The van der Waals surface area contributed by atoms with E-state index in [1.807, 2.05) is 40.8 Å². The van der Waals surface area contributed by atoms with Crippen LogP contribution in [0.3, 0.4) is 0 Å². The Bertz CT molecular complexity index is 629. The van der Waals surface area contributed by atoms with E-state index in [0.717, 1.165) is 16.9 Å². The van der Waals surface area contributed by atoms with Gasteiger partial charge in [0.1, 0.15) is 10.8 Å². The average molecular weight is 229 g/mol. The van der Waals surface area contributed by atoms with Crippen LogP contribution >= 0.6 is 11.6 Å². The monoisotopic (exact) mass is 228 g/mol. The predicted molar refractivity (Wildman–Crippen MR) is 65.6 cm³/mol. The molecule has 2 heterocycles. The summed E-state index contributed by atoms with van der Waals surface area (Å²) in [4.78, 5) is 4.24. The minimum absolute atomic E-state index is 0.634. The smallest absolute Gasteiger partial charge is 0.138 e. The summed E-state index contributed by atoms with van der Waals surface area (Å²) in [5.74, 6) is 0. The molecule has 0 aliphatic rings. The highest BCUT2D eigenvalue weighted by atomic mass is 35.5. The SMILES string of the molecule is Clc1cnc2cccc(-c3ccccc3)n12. The van der Waals surface area contributed by atoms with E-state index in [1.165, 1.54) is 0 Å². The number of pyridine rings is 1. The molecule has 0 saturated heterocycles. The van der Waals surface area contributed by atoms with Gasteiger partial charge in [0, 0.05) is 0 Å². The number of rotatable bonds is 1. The Morgan fingerprint density at radius 3 is 2.56 bits per heavy atom. The maximum atomic E-state index is 6.13. The van der Waals surface area contributed by atoms with Crippen molar-refractivity contribution < 1.29 is 0 Å². The number of hydrogen-bond donors (Lipinski definition) is 0. The summed E-state index contributed by atoms with van der Waals surface area (Å²) in [5.41, 5.74) is 3.06. The molecule has 0 spiro atoms. The molecule has 0 unspecified atom stereocenters. The number of benzene rings is 1. The van der Waals surface area contributed by atoms with Crippen molar-refractivity contribution in [2.75, 3.05) is 0 Å². The summed E-state index contributed by atoms with van der Waals surface area (Å²) in [6.07, 6.45) is 1.67. The van der Waals surface area contributed by atoms with Gasteiger partial charge in [0.15, 0.2) is 0 Å². The molecule has 0 aliphatic heterocycles. The topological polar surface area (TPSA) is 17.3 Å². The van der Waals surface area contributed by atoms with Crippen molar-refractivity contribution in [2.45, 2.75) is 0 Å². The number of halogens is 1. The van der Waals surface area contributed by atoms with Crippen LogP contribution in [0, 0.1) is 0 Å². The van der Waals surface area contributed by atoms with Crippen LogP contribution in [-0.2, 0) is 0 Å². The van der Waals surface area contributed by atoms with Gasteiger partial charge in [0.2, 0.25) is 0 Å². The predicted octanol–water partition coefficient (Wildman–Crippen LogP) is 3.65. The Morgan fingerprint density at radius 1 is 0.938 bits per heavy atom. The lowest BCUT2D eigenvalue weighted by Crippen LogP contribution is -1.91. The zero-order valence-electron chi connectivity index (χ0n) is 8.47. The molecule has 1 aromatic carbocycles. The molecule has 0 saturated carbocycles. The lowest BCUT2D eigenvalue weighted by molar-refractivity contribution is 1.19. The maximum Gasteiger partial charge on any atom is 0.138 e. The molecule has 0 radical (unpaired) electrons. The van der Waals surface area contributed by atoms with Crippen molar-refractivity contribution in [2.24, 2.45) is 0 Å². The summed E-state index contributed by atoms with van der Waals surface area (Å²) in [6, 6.07) is 16.1. The minimum Gasteiger partial charge on any atom is -0.283 e. The fourth-order valence-corrected chi connectivity index (χ4v) is 2.06. The van der Waals surface area contributed by atoms with E-state index in [9.17, 15) is 0 Å². The third kappa shape index (κ3) is 1.39. The number of imidazole rings is 1. The zero-order chi connectivity index (χ0) is 11.0. The molecule has 16 heavy (non-hydrogen) atoms. The molecule has 78 valence electrons. The van der Waals surface area contributed by atoms with E-state index < -0.39 is 0 Å². The number of nitrogens with zero attached hydrogens (tertiary/aromatic N) is 2. The van der Waals surface area contributed by atoms with Crippen LogP contribution in [0.25, 0.3) is 16.9 Å². The second kappa shape index (κ2) is 3.65. The van der Waals surface area contributed by atoms with Gasteiger partial charge < -0.3 is 0 Å². The molecule has 3 rings (SSSR count). The molecular weight excluding hydrogens is 220 g/mol.